The van der Waals surface area contributed by atoms with Crippen LogP contribution in [0.2, 0.25) is 0 Å². The molecule has 4 heteroatoms. The Morgan fingerprint density at radius 3 is 2.45 bits per heavy atom. The number of hydrogen-bond donors (Lipinski definition) is 1. The van der Waals surface area contributed by atoms with E-state index in [4.69, 9.17) is 0 Å². The number of quaternary nitrogens is 1. The van der Waals surface area contributed by atoms with E-state index in [1.807, 2.05) is 0 Å². The van der Waals surface area contributed by atoms with Crippen molar-refractivity contribution in [1.29, 1.82) is 0 Å². The van der Waals surface area contributed by atoms with Crippen LogP contribution in [0.25, 0.3) is 0 Å². The number of aryl methyl sites for hydroxylation is 1. The molecule has 0 saturated carbocycles. The lowest BCUT2D eigenvalue weighted by Gasteiger charge is -2.14. The topological polar surface area (TPSA) is 8.32 Å². The van der Waals surface area contributed by atoms with E-state index in [1.165, 1.54) is 29.6 Å². The van der Waals surface area contributed by atoms with Gasteiger partial charge in [0.25, 0.3) is 0 Å². The highest BCUT2D eigenvalue weighted by Gasteiger charge is 2.04. The van der Waals surface area contributed by atoms with Crippen LogP contribution in [0.5, 0.6) is 0 Å². The number of nitrogens with zero attached hydrogens (tertiary/aromatic N) is 1. The second-order valence-electron chi connectivity index (χ2n) is 4.74. The third-order valence-corrected chi connectivity index (χ3v) is 5.38. The summed E-state index contributed by atoms with van der Waals surface area (Å²) >= 11 is 4.15. The Morgan fingerprint density at radius 1 is 0.900 bits per heavy atom. The molecule has 0 amide bonds. The Hall–Kier alpha value is -0.710. The second kappa shape index (κ2) is 10.1. The van der Waals surface area contributed by atoms with Gasteiger partial charge >= 0.3 is 0 Å². The summed E-state index contributed by atoms with van der Waals surface area (Å²) in [5.74, 6) is 5.02. The van der Waals surface area contributed by atoms with E-state index in [1.54, 1.807) is 4.90 Å². The number of thioether (sulfide) groups is 2. The second-order valence-corrected chi connectivity index (χ2v) is 7.19. The smallest absolute Gasteiger partial charge is 0.168 e. The van der Waals surface area contributed by atoms with Gasteiger partial charge in [0.15, 0.2) is 18.9 Å². The molecule has 0 aromatic carbocycles. The molecule has 0 aliphatic carbocycles. The maximum absolute atomic E-state index is 2.27. The molecule has 2 rings (SSSR count). The fraction of sp³-hybridized carbons (Fsp3) is 0.438. The van der Waals surface area contributed by atoms with Gasteiger partial charge in [-0.2, -0.15) is 23.5 Å². The van der Waals surface area contributed by atoms with Crippen molar-refractivity contribution in [3.8, 4) is 0 Å². The summed E-state index contributed by atoms with van der Waals surface area (Å²) < 4.78 is 2.25. The van der Waals surface area contributed by atoms with Gasteiger partial charge in [-0.3, -0.25) is 0 Å². The van der Waals surface area contributed by atoms with Crippen LogP contribution in [0.15, 0.2) is 55.0 Å². The number of rotatable bonds is 9. The van der Waals surface area contributed by atoms with Crippen LogP contribution in [-0.4, -0.2) is 36.1 Å². The Morgan fingerprint density at radius 2 is 1.70 bits per heavy atom. The third-order valence-electron chi connectivity index (χ3n) is 3.17. The summed E-state index contributed by atoms with van der Waals surface area (Å²) in [6.07, 6.45) is 13.1. The van der Waals surface area contributed by atoms with Gasteiger partial charge in [0.05, 0.1) is 18.5 Å². The minimum atomic E-state index is 1.12. The summed E-state index contributed by atoms with van der Waals surface area (Å²) in [7, 11) is 0. The fourth-order valence-electron chi connectivity index (χ4n) is 2.02. The third kappa shape index (κ3) is 6.64. The van der Waals surface area contributed by atoms with Crippen LogP contribution in [0.3, 0.4) is 0 Å². The summed E-state index contributed by atoms with van der Waals surface area (Å²) in [5, 5.41) is 0. The average molecular weight is 309 g/mol. The van der Waals surface area contributed by atoms with E-state index in [-0.39, 0.29) is 0 Å². The fourth-order valence-corrected chi connectivity index (χ4v) is 4.12. The minimum absolute atomic E-state index is 1.12. The lowest BCUT2D eigenvalue weighted by Crippen LogP contribution is -3.08. The summed E-state index contributed by atoms with van der Waals surface area (Å²) in [6, 6.07) is 6.25. The average Bonchev–Trinajstić information content (AvgIpc) is 2.52. The highest BCUT2D eigenvalue weighted by Crippen LogP contribution is 2.05. The molecule has 2 heterocycles. The zero-order valence-corrected chi connectivity index (χ0v) is 13.5. The predicted octanol–water partition coefficient (Wildman–Crippen LogP) is 1.41. The lowest BCUT2D eigenvalue weighted by atomic mass is 10.3. The van der Waals surface area contributed by atoms with Crippen molar-refractivity contribution in [2.75, 3.05) is 36.1 Å². The molecule has 1 N–H and O–H groups in total. The van der Waals surface area contributed by atoms with Crippen molar-refractivity contribution >= 4 is 23.5 Å². The van der Waals surface area contributed by atoms with E-state index < -0.39 is 0 Å². The molecule has 0 spiro atoms. The minimum Gasteiger partial charge on any atom is -0.305 e. The van der Waals surface area contributed by atoms with E-state index in [9.17, 15) is 0 Å². The van der Waals surface area contributed by atoms with Crippen molar-refractivity contribution in [2.45, 2.75) is 6.54 Å². The van der Waals surface area contributed by atoms with Crippen LogP contribution in [0.1, 0.15) is 0 Å². The lowest BCUT2D eigenvalue weighted by molar-refractivity contribution is -0.838. The summed E-state index contributed by atoms with van der Waals surface area (Å²) in [5.41, 5.74) is 0. The molecule has 1 aliphatic heterocycles. The molecule has 1 aromatic heterocycles. The molecule has 1 aromatic rings. The van der Waals surface area contributed by atoms with Crippen LogP contribution >= 0.6 is 23.5 Å². The maximum Gasteiger partial charge on any atom is 0.168 e. The SMILES string of the molecule is C1=CC[NH+](CCSCCSCC[n+]2ccccc2)C=C1. The van der Waals surface area contributed by atoms with Crippen molar-refractivity contribution in [2.24, 2.45) is 0 Å². The predicted molar refractivity (Wildman–Crippen MR) is 90.3 cm³/mol. The van der Waals surface area contributed by atoms with Gasteiger partial charge in [-0.15, -0.1) is 0 Å². The molecule has 0 radical (unpaired) electrons. The first-order valence-electron chi connectivity index (χ1n) is 7.22. The molecule has 0 saturated heterocycles. The van der Waals surface area contributed by atoms with Crippen LogP contribution in [0, 0.1) is 0 Å². The quantitative estimate of drug-likeness (QED) is 0.545. The molecule has 0 bridgehead atoms. The Balaban J connectivity index is 1.40. The molecule has 1 unspecified atom stereocenters. The molecule has 1 atom stereocenters. The van der Waals surface area contributed by atoms with Crippen molar-refractivity contribution in [1.82, 2.24) is 0 Å². The number of allylic oxidation sites excluding steroid dienone is 2. The first kappa shape index (κ1) is 15.7. The molecule has 1 aliphatic rings. The van der Waals surface area contributed by atoms with Gasteiger partial charge in [-0.1, -0.05) is 12.1 Å². The number of nitrogens with one attached hydrogen (secondary N) is 1. The zero-order chi connectivity index (χ0) is 13.9. The number of pyridine rings is 1. The molecule has 2 nitrogen and oxygen atoms in total. The standard InChI is InChI=1S/C16H23N2S2/c1-3-7-17(8-4-1)11-13-19-15-16-20-14-12-18-9-5-2-6-10-18/h1-9H,10-16H2/q+1/p+1. The molecular formula is C16H24N2S2+2. The van der Waals surface area contributed by atoms with E-state index in [0.29, 0.717) is 0 Å². The normalized spacial score (nSPS) is 17.5. The van der Waals surface area contributed by atoms with Crippen LogP contribution < -0.4 is 9.47 Å². The largest absolute Gasteiger partial charge is 0.305 e. The van der Waals surface area contributed by atoms with E-state index in [2.05, 4.69) is 83.1 Å². The molecule has 20 heavy (non-hydrogen) atoms. The summed E-state index contributed by atoms with van der Waals surface area (Å²) in [6.45, 7) is 3.52. The maximum atomic E-state index is 2.27. The Labute approximate surface area is 130 Å². The van der Waals surface area contributed by atoms with Gasteiger partial charge in [0.2, 0.25) is 0 Å². The van der Waals surface area contributed by atoms with E-state index in [0.717, 1.165) is 13.1 Å². The van der Waals surface area contributed by atoms with Crippen molar-refractivity contribution < 1.29 is 9.47 Å². The highest BCUT2D eigenvalue weighted by atomic mass is 32.2. The first-order chi connectivity index (χ1) is 9.95. The zero-order valence-electron chi connectivity index (χ0n) is 11.9. The van der Waals surface area contributed by atoms with Gasteiger partial charge in [-0.05, 0) is 12.2 Å². The molecule has 0 fully saturated rings. The van der Waals surface area contributed by atoms with Crippen molar-refractivity contribution in [3.05, 3.63) is 55.0 Å². The van der Waals surface area contributed by atoms with Gasteiger partial charge in [0, 0.05) is 29.4 Å². The monoisotopic (exact) mass is 308 g/mol. The number of aromatic nitrogens is 1. The molecular weight excluding hydrogens is 284 g/mol. The first-order valence-corrected chi connectivity index (χ1v) is 9.53. The molecule has 108 valence electrons. The Bertz CT molecular complexity index is 418. The van der Waals surface area contributed by atoms with Gasteiger partial charge in [0.1, 0.15) is 6.54 Å². The highest BCUT2D eigenvalue weighted by molar-refractivity contribution is 8.02. The van der Waals surface area contributed by atoms with Crippen LogP contribution in [0.4, 0.5) is 0 Å². The number of hydrogen-bond acceptors (Lipinski definition) is 2. The van der Waals surface area contributed by atoms with Gasteiger partial charge in [-0.25, -0.2) is 4.57 Å². The van der Waals surface area contributed by atoms with Crippen molar-refractivity contribution in [3.63, 3.8) is 0 Å². The van der Waals surface area contributed by atoms with Crippen LogP contribution in [-0.2, 0) is 6.54 Å². The van der Waals surface area contributed by atoms with Gasteiger partial charge < -0.3 is 4.90 Å². The van der Waals surface area contributed by atoms with E-state index >= 15 is 0 Å². The summed E-state index contributed by atoms with van der Waals surface area (Å²) in [4.78, 5) is 1.58. The Kier molecular flexibility index (Phi) is 7.90.